The third kappa shape index (κ3) is 3.52. The van der Waals surface area contributed by atoms with Gasteiger partial charge in [-0.2, -0.15) is 13.2 Å². The van der Waals surface area contributed by atoms with E-state index >= 15 is 0 Å². The molecule has 1 saturated carbocycles. The molecule has 1 fully saturated rings. The van der Waals surface area contributed by atoms with Crippen molar-refractivity contribution in [2.24, 2.45) is 17.6 Å². The summed E-state index contributed by atoms with van der Waals surface area (Å²) >= 11 is 0. The number of nitrogens with two attached hydrogens (primary N) is 1. The molecule has 0 radical (unpaired) electrons. The van der Waals surface area contributed by atoms with E-state index in [1.807, 2.05) is 0 Å². The maximum Gasteiger partial charge on any atom is 0.392 e. The lowest BCUT2D eigenvalue weighted by molar-refractivity contribution is -0.196. The van der Waals surface area contributed by atoms with Crippen LogP contribution < -0.4 is 5.73 Å². The van der Waals surface area contributed by atoms with E-state index in [0.29, 0.717) is 19.3 Å². The monoisotopic (exact) mass is 221 g/mol. The third-order valence-corrected chi connectivity index (χ3v) is 3.05. The second kappa shape index (κ2) is 4.56. The number of rotatable bonds is 2. The highest BCUT2D eigenvalue weighted by molar-refractivity contribution is 4.96. The average molecular weight is 221 g/mol. The molecule has 0 amide bonds. The Bertz CT molecular complexity index is 234. The van der Waals surface area contributed by atoms with Gasteiger partial charge in [-0.3, -0.25) is 0 Å². The fourth-order valence-corrected chi connectivity index (χ4v) is 2.40. The molecule has 0 aromatic heterocycles. The van der Waals surface area contributed by atoms with Crippen LogP contribution >= 0.6 is 0 Å². The van der Waals surface area contributed by atoms with E-state index in [2.05, 4.69) is 6.58 Å². The number of hydrogen-bond donors (Lipinski definition) is 1. The average Bonchev–Trinajstić information content (AvgIpc) is 1.99. The van der Waals surface area contributed by atoms with E-state index in [1.165, 1.54) is 0 Å². The van der Waals surface area contributed by atoms with Crippen molar-refractivity contribution < 1.29 is 13.2 Å². The summed E-state index contributed by atoms with van der Waals surface area (Å²) in [6, 6.07) is -0.0760. The molecule has 0 saturated heterocycles. The van der Waals surface area contributed by atoms with Gasteiger partial charge in [-0.05, 0) is 38.5 Å². The molecule has 15 heavy (non-hydrogen) atoms. The van der Waals surface area contributed by atoms with E-state index in [0.717, 1.165) is 5.57 Å². The van der Waals surface area contributed by atoms with Crippen molar-refractivity contribution >= 4 is 0 Å². The second-order valence-corrected chi connectivity index (χ2v) is 4.64. The van der Waals surface area contributed by atoms with Crippen LogP contribution in [0.5, 0.6) is 0 Å². The fourth-order valence-electron chi connectivity index (χ4n) is 2.40. The SMILES string of the molecule is C=C(C)CC1CC(N)CCC1C(F)(F)F. The molecule has 4 heteroatoms. The summed E-state index contributed by atoms with van der Waals surface area (Å²) in [5.41, 5.74) is 6.52. The smallest absolute Gasteiger partial charge is 0.328 e. The van der Waals surface area contributed by atoms with E-state index in [-0.39, 0.29) is 18.4 Å². The first-order valence-corrected chi connectivity index (χ1v) is 5.27. The Morgan fingerprint density at radius 3 is 2.47 bits per heavy atom. The first-order valence-electron chi connectivity index (χ1n) is 5.27. The van der Waals surface area contributed by atoms with Crippen LogP contribution in [0.2, 0.25) is 0 Å². The molecular formula is C11H18F3N. The molecular weight excluding hydrogens is 203 g/mol. The van der Waals surface area contributed by atoms with E-state index < -0.39 is 12.1 Å². The highest BCUT2D eigenvalue weighted by Crippen LogP contribution is 2.43. The summed E-state index contributed by atoms with van der Waals surface area (Å²) in [5.74, 6) is -1.56. The first kappa shape index (κ1) is 12.6. The van der Waals surface area contributed by atoms with Gasteiger partial charge < -0.3 is 5.73 Å². The Hall–Kier alpha value is -0.510. The lowest BCUT2D eigenvalue weighted by Crippen LogP contribution is -2.40. The summed E-state index contributed by atoms with van der Waals surface area (Å²) in [6.07, 6.45) is -2.52. The van der Waals surface area contributed by atoms with Gasteiger partial charge in [0.1, 0.15) is 0 Å². The van der Waals surface area contributed by atoms with Gasteiger partial charge in [0, 0.05) is 6.04 Å². The van der Waals surface area contributed by atoms with Crippen LogP contribution in [0.3, 0.4) is 0 Å². The molecule has 3 atom stereocenters. The molecule has 1 nitrogen and oxygen atoms in total. The molecule has 0 aromatic carbocycles. The molecule has 1 aliphatic carbocycles. The highest BCUT2D eigenvalue weighted by atomic mass is 19.4. The predicted octanol–water partition coefficient (Wildman–Crippen LogP) is 3.26. The van der Waals surface area contributed by atoms with Crippen LogP contribution in [0, 0.1) is 11.8 Å². The van der Waals surface area contributed by atoms with E-state index in [4.69, 9.17) is 5.73 Å². The molecule has 3 unspecified atom stereocenters. The minimum Gasteiger partial charge on any atom is -0.328 e. The van der Waals surface area contributed by atoms with Gasteiger partial charge in [0.2, 0.25) is 0 Å². The van der Waals surface area contributed by atoms with Crippen molar-refractivity contribution in [2.45, 2.75) is 44.8 Å². The minimum absolute atomic E-state index is 0.0760. The molecule has 0 aliphatic heterocycles. The fraction of sp³-hybridized carbons (Fsp3) is 0.818. The molecule has 0 bridgehead atoms. The Morgan fingerprint density at radius 2 is 2.00 bits per heavy atom. The topological polar surface area (TPSA) is 26.0 Å². The zero-order valence-electron chi connectivity index (χ0n) is 8.98. The zero-order chi connectivity index (χ0) is 11.6. The molecule has 0 spiro atoms. The number of allylic oxidation sites excluding steroid dienone is 1. The maximum absolute atomic E-state index is 12.7. The van der Waals surface area contributed by atoms with Crippen molar-refractivity contribution in [3.8, 4) is 0 Å². The van der Waals surface area contributed by atoms with Crippen LogP contribution in [0.25, 0.3) is 0 Å². The molecule has 2 N–H and O–H groups in total. The molecule has 88 valence electrons. The van der Waals surface area contributed by atoms with Gasteiger partial charge in [-0.25, -0.2) is 0 Å². The molecule has 0 heterocycles. The maximum atomic E-state index is 12.7. The van der Waals surface area contributed by atoms with Crippen molar-refractivity contribution in [3.05, 3.63) is 12.2 Å². The van der Waals surface area contributed by atoms with Gasteiger partial charge in [0.15, 0.2) is 0 Å². The Labute approximate surface area is 88.5 Å². The summed E-state index contributed by atoms with van der Waals surface area (Å²) in [6.45, 7) is 5.45. The van der Waals surface area contributed by atoms with Crippen molar-refractivity contribution in [3.63, 3.8) is 0 Å². The second-order valence-electron chi connectivity index (χ2n) is 4.64. The number of halogens is 3. The van der Waals surface area contributed by atoms with Crippen LogP contribution in [0.1, 0.15) is 32.6 Å². The summed E-state index contributed by atoms with van der Waals surface area (Å²) in [5, 5.41) is 0. The Balaban J connectivity index is 2.70. The van der Waals surface area contributed by atoms with E-state index in [9.17, 15) is 13.2 Å². The normalized spacial score (nSPS) is 32.7. The van der Waals surface area contributed by atoms with Crippen molar-refractivity contribution in [2.75, 3.05) is 0 Å². The number of alkyl halides is 3. The summed E-state index contributed by atoms with van der Waals surface area (Å²) < 4.78 is 38.1. The summed E-state index contributed by atoms with van der Waals surface area (Å²) in [7, 11) is 0. The lowest BCUT2D eigenvalue weighted by Gasteiger charge is -2.36. The largest absolute Gasteiger partial charge is 0.392 e. The van der Waals surface area contributed by atoms with Gasteiger partial charge in [0.05, 0.1) is 5.92 Å². The summed E-state index contributed by atoms with van der Waals surface area (Å²) in [4.78, 5) is 0. The van der Waals surface area contributed by atoms with Crippen molar-refractivity contribution in [1.82, 2.24) is 0 Å². The minimum atomic E-state index is -4.08. The molecule has 1 aliphatic rings. The third-order valence-electron chi connectivity index (χ3n) is 3.05. The lowest BCUT2D eigenvalue weighted by atomic mass is 9.74. The molecule has 1 rings (SSSR count). The Kier molecular flexibility index (Phi) is 3.82. The predicted molar refractivity (Wildman–Crippen MR) is 54.3 cm³/mol. The van der Waals surface area contributed by atoms with Crippen LogP contribution in [-0.2, 0) is 0 Å². The Morgan fingerprint density at radius 1 is 1.40 bits per heavy atom. The van der Waals surface area contributed by atoms with Crippen LogP contribution in [-0.4, -0.2) is 12.2 Å². The van der Waals surface area contributed by atoms with Crippen LogP contribution in [0.15, 0.2) is 12.2 Å². The van der Waals surface area contributed by atoms with Gasteiger partial charge in [-0.1, -0.05) is 5.57 Å². The van der Waals surface area contributed by atoms with Gasteiger partial charge in [0.25, 0.3) is 0 Å². The first-order chi connectivity index (χ1) is 6.80. The van der Waals surface area contributed by atoms with Gasteiger partial charge in [-0.15, -0.1) is 6.58 Å². The van der Waals surface area contributed by atoms with Crippen molar-refractivity contribution in [1.29, 1.82) is 0 Å². The number of hydrogen-bond acceptors (Lipinski definition) is 1. The van der Waals surface area contributed by atoms with E-state index in [1.54, 1.807) is 6.92 Å². The zero-order valence-corrected chi connectivity index (χ0v) is 8.98. The molecule has 0 aromatic rings. The van der Waals surface area contributed by atoms with Crippen LogP contribution in [0.4, 0.5) is 13.2 Å². The quantitative estimate of drug-likeness (QED) is 0.711. The standard InChI is InChI=1S/C11H18F3N/c1-7(2)5-8-6-9(15)3-4-10(8)11(12,13)14/h8-10H,1,3-6,15H2,2H3. The van der Waals surface area contributed by atoms with Gasteiger partial charge >= 0.3 is 6.18 Å². The highest BCUT2D eigenvalue weighted by Gasteiger charge is 2.46.